The second-order valence-corrected chi connectivity index (χ2v) is 5.83. The highest BCUT2D eigenvalue weighted by Gasteiger charge is 2.42. The van der Waals surface area contributed by atoms with Crippen molar-refractivity contribution in [1.29, 1.82) is 0 Å². The van der Waals surface area contributed by atoms with Crippen LogP contribution in [0.15, 0.2) is 30.3 Å². The van der Waals surface area contributed by atoms with Gasteiger partial charge in [0.1, 0.15) is 6.04 Å². The van der Waals surface area contributed by atoms with E-state index in [2.05, 4.69) is 5.32 Å². The molecule has 1 aliphatic carbocycles. The van der Waals surface area contributed by atoms with Crippen LogP contribution in [-0.2, 0) is 11.2 Å². The molecule has 0 bridgehead atoms. The number of carbonyl (C=O) groups is 1. The Morgan fingerprint density at radius 2 is 1.95 bits per heavy atom. The second-order valence-electron chi connectivity index (χ2n) is 5.83. The molecule has 0 heterocycles. The molecule has 6 heteroatoms. The fourth-order valence-corrected chi connectivity index (χ4v) is 3.04. The normalized spacial score (nSPS) is 23.3. The minimum atomic E-state index is -4.47. The fraction of sp³-hybridized carbons (Fsp3) is 0.562. The summed E-state index contributed by atoms with van der Waals surface area (Å²) in [5, 5.41) is 2.19. The largest absolute Gasteiger partial charge is 0.408 e. The summed E-state index contributed by atoms with van der Waals surface area (Å²) in [6.07, 6.45) is -2.46. The van der Waals surface area contributed by atoms with Crippen LogP contribution in [-0.4, -0.2) is 24.7 Å². The number of carbonyl (C=O) groups excluding carboxylic acids is 1. The summed E-state index contributed by atoms with van der Waals surface area (Å²) < 4.78 is 39.6. The van der Waals surface area contributed by atoms with Gasteiger partial charge in [0.05, 0.1) is 0 Å². The monoisotopic (exact) mass is 314 g/mol. The molecule has 0 aromatic heterocycles. The fourth-order valence-electron chi connectivity index (χ4n) is 3.04. The summed E-state index contributed by atoms with van der Waals surface area (Å²) >= 11 is 0. The van der Waals surface area contributed by atoms with Gasteiger partial charge < -0.3 is 11.1 Å². The lowest BCUT2D eigenvalue weighted by Crippen LogP contribution is -2.49. The van der Waals surface area contributed by atoms with Crippen LogP contribution in [0.1, 0.15) is 24.8 Å². The van der Waals surface area contributed by atoms with Gasteiger partial charge in [-0.2, -0.15) is 13.2 Å². The molecule has 2 rings (SSSR count). The molecule has 0 radical (unpaired) electrons. The number of alkyl halides is 3. The highest BCUT2D eigenvalue weighted by molar-refractivity contribution is 5.79. The van der Waals surface area contributed by atoms with Crippen molar-refractivity contribution >= 4 is 5.91 Å². The maximum Gasteiger partial charge on any atom is 0.408 e. The molecule has 1 aromatic rings. The lowest BCUT2D eigenvalue weighted by Gasteiger charge is -2.25. The molecule has 1 saturated carbocycles. The van der Waals surface area contributed by atoms with Gasteiger partial charge in [-0.15, -0.1) is 0 Å². The Bertz CT molecular complexity index is 490. The first kappa shape index (κ1) is 16.8. The maximum atomic E-state index is 13.2. The van der Waals surface area contributed by atoms with E-state index in [9.17, 15) is 18.0 Å². The summed E-state index contributed by atoms with van der Waals surface area (Å²) in [5.41, 5.74) is 6.15. The summed E-state index contributed by atoms with van der Waals surface area (Å²) in [6, 6.07) is 6.51. The van der Waals surface area contributed by atoms with Crippen LogP contribution in [0.3, 0.4) is 0 Å². The minimum Gasteiger partial charge on any atom is -0.344 e. The van der Waals surface area contributed by atoms with Gasteiger partial charge in [-0.25, -0.2) is 0 Å². The predicted octanol–water partition coefficient (Wildman–Crippen LogP) is 2.65. The number of amides is 1. The van der Waals surface area contributed by atoms with E-state index in [1.165, 1.54) is 0 Å². The van der Waals surface area contributed by atoms with Crippen LogP contribution in [0.5, 0.6) is 0 Å². The molecule has 0 aliphatic heterocycles. The van der Waals surface area contributed by atoms with Crippen molar-refractivity contribution in [2.24, 2.45) is 17.6 Å². The summed E-state index contributed by atoms with van der Waals surface area (Å²) in [6.45, 7) is 0.341. The Hall–Kier alpha value is -1.56. The first-order valence-electron chi connectivity index (χ1n) is 7.53. The van der Waals surface area contributed by atoms with E-state index in [1.54, 1.807) is 30.3 Å². The van der Waals surface area contributed by atoms with Gasteiger partial charge in [0, 0.05) is 12.3 Å². The first-order valence-corrected chi connectivity index (χ1v) is 7.53. The molecule has 0 saturated heterocycles. The summed E-state index contributed by atoms with van der Waals surface area (Å²) in [4.78, 5) is 12.2. The van der Waals surface area contributed by atoms with Crippen LogP contribution in [0.25, 0.3) is 0 Å². The van der Waals surface area contributed by atoms with Crippen molar-refractivity contribution in [3.8, 4) is 0 Å². The van der Waals surface area contributed by atoms with Crippen molar-refractivity contribution in [1.82, 2.24) is 5.32 Å². The SMILES string of the molecule is NC[C@H]1CCC[C@H]1C(=O)NC(Cc1ccccc1)C(F)(F)F. The third-order valence-electron chi connectivity index (χ3n) is 4.29. The highest BCUT2D eigenvalue weighted by Crippen LogP contribution is 2.32. The van der Waals surface area contributed by atoms with Crippen molar-refractivity contribution in [2.45, 2.75) is 37.9 Å². The van der Waals surface area contributed by atoms with Gasteiger partial charge in [0.2, 0.25) is 5.91 Å². The van der Waals surface area contributed by atoms with Crippen LogP contribution in [0.4, 0.5) is 13.2 Å². The molecule has 3 nitrogen and oxygen atoms in total. The number of hydrogen-bond acceptors (Lipinski definition) is 2. The summed E-state index contributed by atoms with van der Waals surface area (Å²) in [5.74, 6) is -0.928. The predicted molar refractivity (Wildman–Crippen MR) is 78.0 cm³/mol. The average Bonchev–Trinajstić information content (AvgIpc) is 2.95. The Labute approximate surface area is 128 Å². The standard InChI is InChI=1S/C16H21F3N2O/c17-16(18,19)14(9-11-5-2-1-3-6-11)21-15(22)13-8-4-7-12(13)10-20/h1-3,5-6,12-14H,4,7-10,20H2,(H,21,22)/t12-,13-,14?/m1/s1. The number of nitrogens with two attached hydrogens (primary N) is 1. The van der Waals surface area contributed by atoms with Crippen molar-refractivity contribution in [3.05, 3.63) is 35.9 Å². The highest BCUT2D eigenvalue weighted by atomic mass is 19.4. The quantitative estimate of drug-likeness (QED) is 0.878. The Morgan fingerprint density at radius 1 is 1.27 bits per heavy atom. The smallest absolute Gasteiger partial charge is 0.344 e. The molecular formula is C16H21F3N2O. The number of hydrogen-bond donors (Lipinski definition) is 2. The van der Waals surface area contributed by atoms with Gasteiger partial charge in [-0.05, 0) is 30.9 Å². The molecule has 1 aliphatic rings. The van der Waals surface area contributed by atoms with Crippen LogP contribution in [0.2, 0.25) is 0 Å². The first-order chi connectivity index (χ1) is 10.4. The van der Waals surface area contributed by atoms with Gasteiger partial charge >= 0.3 is 6.18 Å². The number of benzene rings is 1. The minimum absolute atomic E-state index is 0.00870. The van der Waals surface area contributed by atoms with Crippen LogP contribution in [0, 0.1) is 11.8 Å². The Morgan fingerprint density at radius 3 is 2.55 bits per heavy atom. The van der Waals surface area contributed by atoms with E-state index in [-0.39, 0.29) is 12.3 Å². The number of nitrogens with one attached hydrogen (secondary N) is 1. The van der Waals surface area contributed by atoms with Crippen molar-refractivity contribution in [3.63, 3.8) is 0 Å². The zero-order valence-corrected chi connectivity index (χ0v) is 12.3. The molecule has 22 heavy (non-hydrogen) atoms. The molecule has 1 fully saturated rings. The molecule has 3 N–H and O–H groups in total. The van der Waals surface area contributed by atoms with Gasteiger partial charge in [0.25, 0.3) is 0 Å². The molecule has 1 amide bonds. The molecule has 122 valence electrons. The van der Waals surface area contributed by atoms with Crippen molar-refractivity contribution in [2.75, 3.05) is 6.54 Å². The third-order valence-corrected chi connectivity index (χ3v) is 4.29. The van der Waals surface area contributed by atoms with Gasteiger partial charge in [0.15, 0.2) is 0 Å². The maximum absolute atomic E-state index is 13.2. The van der Waals surface area contributed by atoms with E-state index >= 15 is 0 Å². The van der Waals surface area contributed by atoms with E-state index in [0.29, 0.717) is 18.5 Å². The molecule has 3 atom stereocenters. The van der Waals surface area contributed by atoms with Crippen LogP contribution < -0.4 is 11.1 Å². The van der Waals surface area contributed by atoms with Crippen molar-refractivity contribution < 1.29 is 18.0 Å². The van der Waals surface area contributed by atoms with E-state index in [0.717, 1.165) is 12.8 Å². The van der Waals surface area contributed by atoms with E-state index in [4.69, 9.17) is 5.73 Å². The molecule has 1 aromatic carbocycles. The lowest BCUT2D eigenvalue weighted by atomic mass is 9.94. The molecule has 1 unspecified atom stereocenters. The third kappa shape index (κ3) is 4.22. The zero-order chi connectivity index (χ0) is 16.2. The van der Waals surface area contributed by atoms with E-state index in [1.807, 2.05) is 0 Å². The second kappa shape index (κ2) is 7.13. The Kier molecular flexibility index (Phi) is 5.45. The Balaban J connectivity index is 2.05. The van der Waals surface area contributed by atoms with Crippen LogP contribution >= 0.6 is 0 Å². The van der Waals surface area contributed by atoms with Gasteiger partial charge in [-0.1, -0.05) is 36.8 Å². The zero-order valence-electron chi connectivity index (χ0n) is 12.3. The number of halogens is 3. The topological polar surface area (TPSA) is 55.1 Å². The molecular weight excluding hydrogens is 293 g/mol. The lowest BCUT2D eigenvalue weighted by molar-refractivity contribution is -0.163. The molecule has 0 spiro atoms. The average molecular weight is 314 g/mol. The summed E-state index contributed by atoms with van der Waals surface area (Å²) in [7, 11) is 0. The van der Waals surface area contributed by atoms with E-state index < -0.39 is 24.0 Å². The number of rotatable bonds is 5. The van der Waals surface area contributed by atoms with Gasteiger partial charge in [-0.3, -0.25) is 4.79 Å².